The Balaban J connectivity index is 1.46. The van der Waals surface area contributed by atoms with Gasteiger partial charge in [-0.25, -0.2) is 4.79 Å². The second kappa shape index (κ2) is 8.49. The van der Waals surface area contributed by atoms with Crippen LogP contribution in [0, 0.1) is 6.92 Å². The van der Waals surface area contributed by atoms with Crippen molar-refractivity contribution in [3.63, 3.8) is 0 Å². The zero-order valence-corrected chi connectivity index (χ0v) is 19.2. The first-order chi connectivity index (χ1) is 16.0. The molecule has 0 spiro atoms. The van der Waals surface area contributed by atoms with Gasteiger partial charge in [0.25, 0.3) is 5.91 Å². The van der Waals surface area contributed by atoms with Gasteiger partial charge in [0.1, 0.15) is 17.7 Å². The van der Waals surface area contributed by atoms with Crippen LogP contribution in [0.1, 0.15) is 35.1 Å². The minimum Gasteiger partial charge on any atom is -0.456 e. The minimum absolute atomic E-state index is 0.159. The number of aryl methyl sites for hydroxylation is 1. The van der Waals surface area contributed by atoms with Gasteiger partial charge >= 0.3 is 6.03 Å². The number of hydrogen-bond acceptors (Lipinski definition) is 6. The second-order valence-electron chi connectivity index (χ2n) is 8.03. The highest BCUT2D eigenvalue weighted by molar-refractivity contribution is 7.21. The molecule has 9 heteroatoms. The molecule has 4 heterocycles. The van der Waals surface area contributed by atoms with Gasteiger partial charge in [0.2, 0.25) is 0 Å². The summed E-state index contributed by atoms with van der Waals surface area (Å²) in [6.07, 6.45) is 2.33. The van der Waals surface area contributed by atoms with Crippen LogP contribution >= 0.6 is 11.3 Å². The van der Waals surface area contributed by atoms with E-state index in [0.717, 1.165) is 27.7 Å². The molecule has 1 saturated heterocycles. The first kappa shape index (κ1) is 21.4. The van der Waals surface area contributed by atoms with E-state index in [9.17, 15) is 14.7 Å². The zero-order chi connectivity index (χ0) is 23.1. The summed E-state index contributed by atoms with van der Waals surface area (Å²) in [7, 11) is 0. The summed E-state index contributed by atoms with van der Waals surface area (Å²) in [4.78, 5) is 31.7. The molecule has 0 bridgehead atoms. The predicted octanol–water partition coefficient (Wildman–Crippen LogP) is 4.48. The normalized spacial score (nSPS) is 16.0. The first-order valence-corrected chi connectivity index (χ1v) is 11.7. The van der Waals surface area contributed by atoms with Gasteiger partial charge in [0.05, 0.1) is 20.6 Å². The smallest absolute Gasteiger partial charge is 0.326 e. The highest BCUT2D eigenvalue weighted by Gasteiger charge is 2.29. The van der Waals surface area contributed by atoms with Crippen molar-refractivity contribution in [2.45, 2.75) is 32.9 Å². The maximum absolute atomic E-state index is 12.9. The molecule has 1 atom stereocenters. The molecule has 0 radical (unpaired) electrons. The maximum atomic E-state index is 12.9. The van der Waals surface area contributed by atoms with Crippen LogP contribution in [0.15, 0.2) is 42.6 Å². The highest BCUT2D eigenvalue weighted by Crippen LogP contribution is 2.37. The average Bonchev–Trinajstić information content (AvgIpc) is 3.49. The van der Waals surface area contributed by atoms with Gasteiger partial charge in [-0.3, -0.25) is 14.3 Å². The quantitative estimate of drug-likeness (QED) is 0.464. The van der Waals surface area contributed by atoms with Crippen LogP contribution < -0.4 is 10.1 Å². The van der Waals surface area contributed by atoms with Crippen molar-refractivity contribution in [2.75, 3.05) is 13.1 Å². The van der Waals surface area contributed by atoms with Crippen LogP contribution in [0.25, 0.3) is 21.1 Å². The number of aliphatic hydroxyl groups is 1. The number of amides is 2. The Hall–Kier alpha value is -3.43. The third kappa shape index (κ3) is 3.83. The van der Waals surface area contributed by atoms with Gasteiger partial charge in [-0.15, -0.1) is 11.3 Å². The number of pyridine rings is 1. The van der Waals surface area contributed by atoms with E-state index in [1.807, 2.05) is 38.1 Å². The Morgan fingerprint density at radius 1 is 1.27 bits per heavy atom. The van der Waals surface area contributed by atoms with Gasteiger partial charge in [-0.05, 0) is 57.0 Å². The molecule has 2 amide bonds. The molecule has 1 aromatic carbocycles. The molecule has 0 aliphatic carbocycles. The van der Waals surface area contributed by atoms with Crippen molar-refractivity contribution >= 4 is 44.4 Å². The molecule has 1 fully saturated rings. The van der Waals surface area contributed by atoms with Crippen LogP contribution in [0.2, 0.25) is 0 Å². The Bertz CT molecular complexity index is 1380. The number of thiophene rings is 1. The predicted molar refractivity (Wildman–Crippen MR) is 127 cm³/mol. The van der Waals surface area contributed by atoms with Crippen molar-refractivity contribution in [1.82, 2.24) is 19.8 Å². The van der Waals surface area contributed by atoms with Crippen LogP contribution in [-0.2, 0) is 0 Å². The van der Waals surface area contributed by atoms with Gasteiger partial charge in [0, 0.05) is 36.4 Å². The van der Waals surface area contributed by atoms with E-state index < -0.39 is 6.23 Å². The lowest BCUT2D eigenvalue weighted by molar-refractivity contribution is 0.0297. The van der Waals surface area contributed by atoms with Gasteiger partial charge < -0.3 is 20.1 Å². The van der Waals surface area contributed by atoms with Crippen molar-refractivity contribution < 1.29 is 19.4 Å². The highest BCUT2D eigenvalue weighted by atomic mass is 32.1. The number of rotatable bonds is 4. The standard InChI is InChI=1S/C24H24N4O4S/c1-3-25-24(31)28-14(2)11-15-12-16(6-7-18(15)28)32-19-8-9-26-17-13-20(33-22(17)19)23(30)27-10-4-5-21(27)29/h6-9,11-13,21,29H,3-5,10H2,1-2H3,(H,25,31). The van der Waals surface area contributed by atoms with E-state index >= 15 is 0 Å². The molecule has 1 unspecified atom stereocenters. The fourth-order valence-electron chi connectivity index (χ4n) is 4.25. The van der Waals surface area contributed by atoms with Crippen molar-refractivity contribution in [1.29, 1.82) is 0 Å². The number of nitrogens with one attached hydrogen (secondary N) is 1. The fraction of sp³-hybridized carbons (Fsp3) is 0.292. The molecule has 33 heavy (non-hydrogen) atoms. The Morgan fingerprint density at radius 3 is 2.88 bits per heavy atom. The molecule has 0 saturated carbocycles. The third-order valence-corrected chi connectivity index (χ3v) is 6.91. The van der Waals surface area contributed by atoms with E-state index in [4.69, 9.17) is 4.74 Å². The molecule has 1 aliphatic rings. The number of carbonyl (C=O) groups excluding carboxylic acids is 2. The maximum Gasteiger partial charge on any atom is 0.326 e. The Kier molecular flexibility index (Phi) is 5.51. The fourth-order valence-corrected chi connectivity index (χ4v) is 5.27. The largest absolute Gasteiger partial charge is 0.456 e. The summed E-state index contributed by atoms with van der Waals surface area (Å²) >= 11 is 1.31. The van der Waals surface area contributed by atoms with Gasteiger partial charge in [-0.2, -0.15) is 0 Å². The molecule has 8 nitrogen and oxygen atoms in total. The lowest BCUT2D eigenvalue weighted by Crippen LogP contribution is -2.34. The summed E-state index contributed by atoms with van der Waals surface area (Å²) in [5.74, 6) is 1.04. The number of nitrogens with zero attached hydrogens (tertiary/aromatic N) is 3. The number of ether oxygens (including phenoxy) is 1. The second-order valence-corrected chi connectivity index (χ2v) is 9.09. The number of fused-ring (bicyclic) bond motifs is 2. The topological polar surface area (TPSA) is 96.7 Å². The van der Waals surface area contributed by atoms with E-state index in [2.05, 4.69) is 10.3 Å². The summed E-state index contributed by atoms with van der Waals surface area (Å²) in [6.45, 7) is 4.89. The van der Waals surface area contributed by atoms with E-state index in [-0.39, 0.29) is 11.9 Å². The van der Waals surface area contributed by atoms with E-state index in [0.29, 0.717) is 41.4 Å². The third-order valence-electron chi connectivity index (χ3n) is 5.78. The number of likely N-dealkylation sites (tertiary alicyclic amines) is 1. The monoisotopic (exact) mass is 464 g/mol. The van der Waals surface area contributed by atoms with Crippen molar-refractivity contribution in [3.05, 3.63) is 53.2 Å². The first-order valence-electron chi connectivity index (χ1n) is 10.9. The summed E-state index contributed by atoms with van der Waals surface area (Å²) < 4.78 is 8.60. The lowest BCUT2D eigenvalue weighted by Gasteiger charge is -2.18. The van der Waals surface area contributed by atoms with Crippen LogP contribution in [0.5, 0.6) is 11.5 Å². The minimum atomic E-state index is -0.728. The molecule has 4 aromatic rings. The Morgan fingerprint density at radius 2 is 2.12 bits per heavy atom. The van der Waals surface area contributed by atoms with Gasteiger partial charge in [-0.1, -0.05) is 0 Å². The number of aromatic nitrogens is 2. The number of carbonyl (C=O) groups is 2. The molecule has 5 rings (SSSR count). The van der Waals surface area contributed by atoms with Crippen molar-refractivity contribution in [3.8, 4) is 11.5 Å². The van der Waals surface area contributed by atoms with Crippen LogP contribution in [-0.4, -0.2) is 50.8 Å². The Labute approximate surface area is 194 Å². The average molecular weight is 465 g/mol. The number of benzene rings is 1. The summed E-state index contributed by atoms with van der Waals surface area (Å²) in [5.41, 5.74) is 2.32. The summed E-state index contributed by atoms with van der Waals surface area (Å²) in [6, 6.07) is 10.9. The summed E-state index contributed by atoms with van der Waals surface area (Å²) in [5, 5.41) is 13.8. The number of aliphatic hydroxyl groups excluding tert-OH is 1. The van der Waals surface area contributed by atoms with E-state index in [1.165, 1.54) is 16.2 Å². The van der Waals surface area contributed by atoms with Crippen LogP contribution in [0.3, 0.4) is 0 Å². The molecule has 1 aliphatic heterocycles. The zero-order valence-electron chi connectivity index (χ0n) is 18.4. The molecule has 170 valence electrons. The molecular weight excluding hydrogens is 440 g/mol. The molecular formula is C24H24N4O4S. The number of hydrogen-bond donors (Lipinski definition) is 2. The lowest BCUT2D eigenvalue weighted by atomic mass is 10.2. The SMILES string of the molecule is CCNC(=O)n1c(C)cc2cc(Oc3ccnc4cc(C(=O)N5CCCC5O)sc34)ccc21. The van der Waals surface area contributed by atoms with Gasteiger partial charge in [0.15, 0.2) is 0 Å². The van der Waals surface area contributed by atoms with E-state index in [1.54, 1.807) is 22.9 Å². The molecule has 3 aromatic heterocycles. The van der Waals surface area contributed by atoms with Crippen molar-refractivity contribution in [2.24, 2.45) is 0 Å². The van der Waals surface area contributed by atoms with Crippen LogP contribution in [0.4, 0.5) is 4.79 Å². The molecule has 2 N–H and O–H groups in total.